The summed E-state index contributed by atoms with van der Waals surface area (Å²) in [6.07, 6.45) is 0.191. The van der Waals surface area contributed by atoms with Crippen LogP contribution in [0, 0.1) is 12.7 Å². The van der Waals surface area contributed by atoms with Crippen molar-refractivity contribution in [3.8, 4) is 5.75 Å². The highest BCUT2D eigenvalue weighted by Crippen LogP contribution is 2.23. The smallest absolute Gasteiger partial charge is 0.263 e. The van der Waals surface area contributed by atoms with Crippen molar-refractivity contribution in [1.82, 2.24) is 4.90 Å². The molecule has 86 valence electrons. The summed E-state index contributed by atoms with van der Waals surface area (Å²) in [6, 6.07) is 4.35. The Morgan fingerprint density at radius 2 is 2.25 bits per heavy atom. The van der Waals surface area contributed by atoms with Crippen molar-refractivity contribution < 1.29 is 13.9 Å². The summed E-state index contributed by atoms with van der Waals surface area (Å²) in [7, 11) is 1.74. The molecular weight excluding hydrogens is 209 g/mol. The minimum atomic E-state index is -0.467. The summed E-state index contributed by atoms with van der Waals surface area (Å²) in [5.41, 5.74) is 0.837. The Morgan fingerprint density at radius 1 is 1.50 bits per heavy atom. The second kappa shape index (κ2) is 4.12. The zero-order valence-corrected chi connectivity index (χ0v) is 9.37. The number of carbonyl (C=O) groups excluding carboxylic acids is 1. The highest BCUT2D eigenvalue weighted by molar-refractivity contribution is 5.83. The van der Waals surface area contributed by atoms with Crippen molar-refractivity contribution >= 4 is 5.91 Å². The van der Waals surface area contributed by atoms with Crippen molar-refractivity contribution in [2.75, 3.05) is 13.6 Å². The van der Waals surface area contributed by atoms with Gasteiger partial charge in [-0.2, -0.15) is 0 Å². The van der Waals surface area contributed by atoms with Gasteiger partial charge in [0.15, 0.2) is 6.10 Å². The quantitative estimate of drug-likeness (QED) is 0.764. The molecule has 16 heavy (non-hydrogen) atoms. The topological polar surface area (TPSA) is 29.5 Å². The third-order valence-electron chi connectivity index (χ3n) is 2.80. The predicted molar refractivity (Wildman–Crippen MR) is 57.8 cm³/mol. The number of hydrogen-bond donors (Lipinski definition) is 0. The van der Waals surface area contributed by atoms with Crippen LogP contribution in [-0.2, 0) is 4.79 Å². The van der Waals surface area contributed by atoms with E-state index in [1.54, 1.807) is 18.0 Å². The lowest BCUT2D eigenvalue weighted by atomic mass is 10.2. The van der Waals surface area contributed by atoms with Gasteiger partial charge in [-0.3, -0.25) is 4.79 Å². The second-order valence-electron chi connectivity index (χ2n) is 4.06. The highest BCUT2D eigenvalue weighted by atomic mass is 19.1. The standard InChI is InChI=1S/C12H14FNO2/c1-8-3-4-9(13)7-11(8)16-10-5-6-14(2)12(10)15/h3-4,7,10H,5-6H2,1-2H3. The lowest BCUT2D eigenvalue weighted by Gasteiger charge is -2.14. The Labute approximate surface area is 93.8 Å². The SMILES string of the molecule is Cc1ccc(F)cc1OC1CCN(C)C1=O. The zero-order valence-electron chi connectivity index (χ0n) is 9.37. The van der Waals surface area contributed by atoms with Gasteiger partial charge in [-0.15, -0.1) is 0 Å². The van der Waals surface area contributed by atoms with Crippen LogP contribution in [0.1, 0.15) is 12.0 Å². The molecule has 1 saturated heterocycles. The molecule has 1 unspecified atom stereocenters. The average molecular weight is 223 g/mol. The van der Waals surface area contributed by atoms with Gasteiger partial charge in [-0.1, -0.05) is 6.07 Å². The number of rotatable bonds is 2. The van der Waals surface area contributed by atoms with E-state index in [0.29, 0.717) is 18.7 Å². The van der Waals surface area contributed by atoms with Crippen LogP contribution in [0.4, 0.5) is 4.39 Å². The fourth-order valence-electron chi connectivity index (χ4n) is 1.75. The van der Waals surface area contributed by atoms with Crippen LogP contribution in [0.25, 0.3) is 0 Å². The number of benzene rings is 1. The normalized spacial score (nSPS) is 20.3. The monoisotopic (exact) mass is 223 g/mol. The van der Waals surface area contributed by atoms with Gasteiger partial charge in [0.2, 0.25) is 0 Å². The molecule has 0 saturated carbocycles. The van der Waals surface area contributed by atoms with E-state index in [4.69, 9.17) is 4.74 Å². The molecule has 1 heterocycles. The maximum Gasteiger partial charge on any atom is 0.263 e. The van der Waals surface area contributed by atoms with Crippen molar-refractivity contribution in [2.24, 2.45) is 0 Å². The maximum absolute atomic E-state index is 13.0. The molecule has 1 aliphatic heterocycles. The van der Waals surface area contributed by atoms with Gasteiger partial charge in [0.05, 0.1) is 0 Å². The number of aryl methyl sites for hydroxylation is 1. The third kappa shape index (κ3) is 2.01. The number of amides is 1. The fraction of sp³-hybridized carbons (Fsp3) is 0.417. The van der Waals surface area contributed by atoms with Gasteiger partial charge in [0.1, 0.15) is 11.6 Å². The number of likely N-dealkylation sites (N-methyl/N-ethyl adjacent to an activating group) is 1. The first-order valence-corrected chi connectivity index (χ1v) is 5.25. The van der Waals surface area contributed by atoms with Crippen LogP contribution in [0.5, 0.6) is 5.75 Å². The van der Waals surface area contributed by atoms with Gasteiger partial charge >= 0.3 is 0 Å². The molecule has 0 bridgehead atoms. The number of halogens is 1. The van der Waals surface area contributed by atoms with E-state index >= 15 is 0 Å². The molecule has 1 aliphatic rings. The molecule has 0 aliphatic carbocycles. The number of likely N-dealkylation sites (tertiary alicyclic amines) is 1. The molecule has 0 spiro atoms. The van der Waals surface area contributed by atoms with Crippen LogP contribution in [0.15, 0.2) is 18.2 Å². The minimum Gasteiger partial charge on any atom is -0.480 e. The molecule has 4 heteroatoms. The van der Waals surface area contributed by atoms with Crippen LogP contribution < -0.4 is 4.74 Å². The van der Waals surface area contributed by atoms with E-state index in [1.165, 1.54) is 12.1 Å². The number of nitrogens with zero attached hydrogens (tertiary/aromatic N) is 1. The number of carbonyl (C=O) groups is 1. The number of ether oxygens (including phenoxy) is 1. The molecule has 0 radical (unpaired) electrons. The first kappa shape index (κ1) is 10.9. The fourth-order valence-corrected chi connectivity index (χ4v) is 1.75. The van der Waals surface area contributed by atoms with Crippen LogP contribution >= 0.6 is 0 Å². The van der Waals surface area contributed by atoms with Crippen LogP contribution in [-0.4, -0.2) is 30.5 Å². The summed E-state index contributed by atoms with van der Waals surface area (Å²) in [4.78, 5) is 13.2. The Kier molecular flexibility index (Phi) is 2.81. The van der Waals surface area contributed by atoms with E-state index < -0.39 is 6.10 Å². The van der Waals surface area contributed by atoms with Crippen LogP contribution in [0.3, 0.4) is 0 Å². The molecule has 1 atom stereocenters. The molecule has 3 nitrogen and oxygen atoms in total. The molecular formula is C12H14FNO2. The average Bonchev–Trinajstić information content (AvgIpc) is 2.55. The third-order valence-corrected chi connectivity index (χ3v) is 2.80. The van der Waals surface area contributed by atoms with Gasteiger partial charge in [-0.25, -0.2) is 4.39 Å². The molecule has 0 aromatic heterocycles. The summed E-state index contributed by atoms with van der Waals surface area (Å²) in [5.74, 6) is 0.0664. The first-order chi connectivity index (χ1) is 7.58. The Hall–Kier alpha value is -1.58. The van der Waals surface area contributed by atoms with Gasteiger partial charge < -0.3 is 9.64 Å². The second-order valence-corrected chi connectivity index (χ2v) is 4.06. The first-order valence-electron chi connectivity index (χ1n) is 5.25. The van der Waals surface area contributed by atoms with Crippen molar-refractivity contribution in [3.63, 3.8) is 0 Å². The van der Waals surface area contributed by atoms with E-state index in [2.05, 4.69) is 0 Å². The lowest BCUT2D eigenvalue weighted by molar-refractivity contribution is -0.132. The van der Waals surface area contributed by atoms with Crippen molar-refractivity contribution in [1.29, 1.82) is 0 Å². The number of hydrogen-bond acceptors (Lipinski definition) is 2. The summed E-state index contributed by atoms with van der Waals surface area (Å²) < 4.78 is 18.6. The van der Waals surface area contributed by atoms with E-state index in [-0.39, 0.29) is 11.7 Å². The lowest BCUT2D eigenvalue weighted by Crippen LogP contribution is -2.29. The summed E-state index contributed by atoms with van der Waals surface area (Å²) in [5, 5.41) is 0. The van der Waals surface area contributed by atoms with E-state index in [9.17, 15) is 9.18 Å². The highest BCUT2D eigenvalue weighted by Gasteiger charge is 2.31. The van der Waals surface area contributed by atoms with E-state index in [1.807, 2.05) is 6.92 Å². The van der Waals surface area contributed by atoms with E-state index in [0.717, 1.165) is 5.56 Å². The van der Waals surface area contributed by atoms with Crippen molar-refractivity contribution in [3.05, 3.63) is 29.6 Å². The van der Waals surface area contributed by atoms with Crippen LogP contribution in [0.2, 0.25) is 0 Å². The summed E-state index contributed by atoms with van der Waals surface area (Å²) >= 11 is 0. The van der Waals surface area contributed by atoms with Gasteiger partial charge in [0.25, 0.3) is 5.91 Å². The molecule has 1 aromatic carbocycles. The molecule has 2 rings (SSSR count). The molecule has 1 aromatic rings. The van der Waals surface area contributed by atoms with Gasteiger partial charge in [-0.05, 0) is 18.6 Å². The molecule has 0 N–H and O–H groups in total. The molecule has 1 amide bonds. The van der Waals surface area contributed by atoms with Crippen molar-refractivity contribution in [2.45, 2.75) is 19.4 Å². The minimum absolute atomic E-state index is 0.0383. The Morgan fingerprint density at radius 3 is 2.88 bits per heavy atom. The Bertz CT molecular complexity index is 419. The largest absolute Gasteiger partial charge is 0.480 e. The summed E-state index contributed by atoms with van der Waals surface area (Å²) in [6.45, 7) is 2.52. The maximum atomic E-state index is 13.0. The zero-order chi connectivity index (χ0) is 11.7. The predicted octanol–water partition coefficient (Wildman–Crippen LogP) is 1.74. The van der Waals surface area contributed by atoms with Gasteiger partial charge in [0, 0.05) is 26.1 Å². The Balaban J connectivity index is 2.15. The molecule has 1 fully saturated rings.